The molecule has 1 saturated heterocycles. The van der Waals surface area contributed by atoms with Crippen molar-refractivity contribution in [1.29, 1.82) is 0 Å². The summed E-state index contributed by atoms with van der Waals surface area (Å²) in [5.74, 6) is -8.41. The van der Waals surface area contributed by atoms with E-state index in [2.05, 4.69) is 21.3 Å². The van der Waals surface area contributed by atoms with E-state index in [1.54, 1.807) is 58.9 Å². The first-order valence-electron chi connectivity index (χ1n) is 24.6. The van der Waals surface area contributed by atoms with Crippen molar-refractivity contribution in [2.75, 3.05) is 48.4 Å². The molecule has 2 rings (SSSR count). The summed E-state index contributed by atoms with van der Waals surface area (Å²) in [6.07, 6.45) is -0.495. The number of methoxy groups -OCH3 is 1. The third kappa shape index (κ3) is 16.0. The summed E-state index contributed by atoms with van der Waals surface area (Å²) in [6, 6.07) is 0.125. The van der Waals surface area contributed by atoms with E-state index in [0.29, 0.717) is 17.7 Å². The number of nitrogens with zero attached hydrogens (tertiary/aromatic N) is 4. The van der Waals surface area contributed by atoms with E-state index in [-0.39, 0.29) is 25.2 Å². The standard InChI is InChI=1S/C51H82N8O12/c1-18-30(7)42-47(66)53-26-39(60)57(14)37(24-28(3)4)45(64)52-27-40(61)59(16)41(29(5)6)48(67)58(15)38(25-34-20-22-35(70-17)23-21-34)46(65)54-32(9)43(62)51(11,12)50(69)56(13)33(10)44(63)55-36(19-2)31(8)49(68)71-42/h20-23,28-33,36-38,41-42H,18-19,24-27H2,1-17H3,(H,52,64)(H,53,66)(H,54,65)(H,55,63)/t30-,31-,32+,33-,36+,37-,38-,41-,42-/m0/s1. The second kappa shape index (κ2) is 26.9. The van der Waals surface area contributed by atoms with Crippen molar-refractivity contribution in [2.24, 2.45) is 29.1 Å². The smallest absolute Gasteiger partial charge is 0.311 e. The molecule has 0 saturated carbocycles. The summed E-state index contributed by atoms with van der Waals surface area (Å²) in [5, 5.41) is 10.7. The quantitative estimate of drug-likeness (QED) is 0.205. The maximum atomic E-state index is 14.6. The molecule has 0 aromatic heterocycles. The molecule has 1 aliphatic rings. The first-order valence-corrected chi connectivity index (χ1v) is 24.6. The Morgan fingerprint density at radius 2 is 1.25 bits per heavy atom. The van der Waals surface area contributed by atoms with Crippen LogP contribution in [-0.2, 0) is 59.1 Å². The minimum atomic E-state index is -1.79. The Bertz CT molecular complexity index is 2080. The van der Waals surface area contributed by atoms with Crippen LogP contribution in [0.25, 0.3) is 0 Å². The SMILES string of the molecule is CC[C@H](C)[C@@H]1OC(=O)[C@@H](C)[C@@H](CC)NC(=O)[C@H](C)N(C)C(=O)C(C)(C)C(=O)[C@@H](C)NC(=O)[C@H](Cc2ccc(OC)cc2)N(C)C(=O)[C@H](C(C)C)N(C)C(=O)CNC(=O)[C@H](CC(C)C)N(C)C(=O)CNC1=O. The zero-order valence-corrected chi connectivity index (χ0v) is 45.1. The predicted octanol–water partition coefficient (Wildman–Crippen LogP) is 2.10. The van der Waals surface area contributed by atoms with E-state index in [1.165, 1.54) is 84.6 Å². The average Bonchev–Trinajstić information content (AvgIpc) is 3.33. The largest absolute Gasteiger partial charge is 0.497 e. The first kappa shape index (κ1) is 61.0. The van der Waals surface area contributed by atoms with Crippen LogP contribution in [0, 0.1) is 29.1 Å². The molecule has 398 valence electrons. The number of likely N-dealkylation sites (N-methyl/N-ethyl adjacent to an activating group) is 4. The van der Waals surface area contributed by atoms with E-state index in [0.717, 1.165) is 4.90 Å². The van der Waals surface area contributed by atoms with E-state index in [9.17, 15) is 47.9 Å². The molecule has 1 fully saturated rings. The van der Waals surface area contributed by atoms with Crippen LogP contribution >= 0.6 is 0 Å². The Labute approximate surface area is 420 Å². The number of nitrogens with one attached hydrogen (secondary N) is 4. The highest BCUT2D eigenvalue weighted by Crippen LogP contribution is 2.25. The topological polar surface area (TPSA) is 250 Å². The number of carbonyl (C=O) groups is 10. The molecule has 20 heteroatoms. The van der Waals surface area contributed by atoms with Crippen LogP contribution in [0.1, 0.15) is 108 Å². The summed E-state index contributed by atoms with van der Waals surface area (Å²) in [6.45, 7) is 18.5. The fourth-order valence-electron chi connectivity index (χ4n) is 8.40. The van der Waals surface area contributed by atoms with Crippen LogP contribution in [0.15, 0.2) is 24.3 Å². The molecule has 1 aromatic carbocycles. The number of ether oxygens (including phenoxy) is 2. The number of hydrogen-bond donors (Lipinski definition) is 4. The minimum Gasteiger partial charge on any atom is -0.497 e. The van der Waals surface area contributed by atoms with Gasteiger partial charge in [0, 0.05) is 46.6 Å². The highest BCUT2D eigenvalue weighted by Gasteiger charge is 2.45. The third-order valence-corrected chi connectivity index (χ3v) is 13.7. The van der Waals surface area contributed by atoms with Crippen LogP contribution in [0.4, 0.5) is 0 Å². The Balaban J connectivity index is 2.72. The summed E-state index contributed by atoms with van der Waals surface area (Å²) in [5.41, 5.74) is -1.15. The lowest BCUT2D eigenvalue weighted by Gasteiger charge is -2.37. The second-order valence-electron chi connectivity index (χ2n) is 20.2. The highest BCUT2D eigenvalue weighted by molar-refractivity contribution is 6.09. The fraction of sp³-hybridized carbons (Fsp3) is 0.686. The van der Waals surface area contributed by atoms with Gasteiger partial charge in [0.2, 0.25) is 41.4 Å². The zero-order chi connectivity index (χ0) is 54.4. The molecule has 1 heterocycles. The van der Waals surface area contributed by atoms with Crippen LogP contribution in [-0.4, -0.2) is 169 Å². The third-order valence-electron chi connectivity index (χ3n) is 13.7. The van der Waals surface area contributed by atoms with Gasteiger partial charge in [-0.05, 0) is 83.4 Å². The van der Waals surface area contributed by atoms with Crippen molar-refractivity contribution in [3.05, 3.63) is 29.8 Å². The number of benzene rings is 1. The van der Waals surface area contributed by atoms with Gasteiger partial charge in [0.15, 0.2) is 11.9 Å². The van der Waals surface area contributed by atoms with Gasteiger partial charge in [-0.25, -0.2) is 0 Å². The summed E-state index contributed by atoms with van der Waals surface area (Å²) < 4.78 is 11.1. The lowest BCUT2D eigenvalue weighted by atomic mass is 9.82. The molecule has 9 atom stereocenters. The van der Waals surface area contributed by atoms with Crippen LogP contribution < -0.4 is 26.0 Å². The van der Waals surface area contributed by atoms with E-state index < -0.39 is 138 Å². The van der Waals surface area contributed by atoms with Crippen molar-refractivity contribution >= 4 is 59.0 Å². The summed E-state index contributed by atoms with van der Waals surface area (Å²) >= 11 is 0. The zero-order valence-electron chi connectivity index (χ0n) is 45.1. The molecule has 0 spiro atoms. The Hall–Kier alpha value is -6.08. The van der Waals surface area contributed by atoms with Gasteiger partial charge < -0.3 is 50.3 Å². The Morgan fingerprint density at radius 1 is 0.704 bits per heavy atom. The molecular formula is C51H82N8O12. The van der Waals surface area contributed by atoms with Gasteiger partial charge in [0.05, 0.1) is 32.2 Å². The van der Waals surface area contributed by atoms with Gasteiger partial charge in [-0.3, -0.25) is 47.9 Å². The molecule has 0 unspecified atom stereocenters. The fourth-order valence-corrected chi connectivity index (χ4v) is 8.40. The van der Waals surface area contributed by atoms with Crippen LogP contribution in [0.5, 0.6) is 5.75 Å². The molecule has 1 aliphatic heterocycles. The number of rotatable bonds is 9. The Morgan fingerprint density at radius 3 is 1.76 bits per heavy atom. The van der Waals surface area contributed by atoms with Crippen molar-refractivity contribution in [1.82, 2.24) is 40.9 Å². The van der Waals surface area contributed by atoms with Gasteiger partial charge in [-0.15, -0.1) is 0 Å². The van der Waals surface area contributed by atoms with Crippen molar-refractivity contribution in [3.8, 4) is 5.75 Å². The normalized spacial score (nSPS) is 26.7. The number of hydrogen-bond acceptors (Lipinski definition) is 12. The molecule has 0 radical (unpaired) electrons. The molecule has 8 amide bonds. The highest BCUT2D eigenvalue weighted by atomic mass is 16.5. The van der Waals surface area contributed by atoms with Gasteiger partial charge in [0.25, 0.3) is 5.91 Å². The van der Waals surface area contributed by atoms with Crippen molar-refractivity contribution < 1.29 is 57.4 Å². The van der Waals surface area contributed by atoms with Crippen molar-refractivity contribution in [2.45, 2.75) is 151 Å². The van der Waals surface area contributed by atoms with Gasteiger partial charge >= 0.3 is 5.97 Å². The van der Waals surface area contributed by atoms with Gasteiger partial charge in [-0.1, -0.05) is 60.6 Å². The molecule has 0 bridgehead atoms. The number of esters is 1. The van der Waals surface area contributed by atoms with Crippen LogP contribution in [0.3, 0.4) is 0 Å². The molecule has 1 aromatic rings. The second-order valence-corrected chi connectivity index (χ2v) is 20.2. The number of ketones is 1. The molecule has 71 heavy (non-hydrogen) atoms. The summed E-state index contributed by atoms with van der Waals surface area (Å²) in [4.78, 5) is 145. The van der Waals surface area contributed by atoms with Gasteiger partial charge in [0.1, 0.15) is 35.3 Å². The van der Waals surface area contributed by atoms with Crippen molar-refractivity contribution in [3.63, 3.8) is 0 Å². The number of Topliss-reactive ketones (excluding diaryl/α,β-unsaturated/α-hetero) is 1. The van der Waals surface area contributed by atoms with E-state index in [1.807, 2.05) is 13.8 Å². The summed E-state index contributed by atoms with van der Waals surface area (Å²) in [7, 11) is 7.09. The Kier molecular flexibility index (Phi) is 23.2. The minimum absolute atomic E-state index is 0.0319. The lowest BCUT2D eigenvalue weighted by molar-refractivity contribution is -0.164. The lowest BCUT2D eigenvalue weighted by Crippen LogP contribution is -2.60. The number of carbonyl (C=O) groups excluding carboxylic acids is 10. The van der Waals surface area contributed by atoms with E-state index >= 15 is 0 Å². The molecule has 0 aliphatic carbocycles. The average molecular weight is 999 g/mol. The van der Waals surface area contributed by atoms with Gasteiger partial charge in [-0.2, -0.15) is 0 Å². The monoisotopic (exact) mass is 999 g/mol. The number of amides is 8. The molecule has 20 nitrogen and oxygen atoms in total. The molecular weight excluding hydrogens is 917 g/mol. The first-order chi connectivity index (χ1) is 33.0. The predicted molar refractivity (Wildman–Crippen MR) is 266 cm³/mol. The maximum Gasteiger partial charge on any atom is 0.311 e. The molecule has 4 N–H and O–H groups in total. The maximum absolute atomic E-state index is 14.6. The number of cyclic esters (lactones) is 1. The van der Waals surface area contributed by atoms with E-state index in [4.69, 9.17) is 9.47 Å². The van der Waals surface area contributed by atoms with Crippen LogP contribution in [0.2, 0.25) is 0 Å².